The molecule has 2 aromatic rings. The topological polar surface area (TPSA) is 12.9 Å². The molecule has 0 N–H and O–H groups in total. The van der Waals surface area contributed by atoms with Crippen molar-refractivity contribution in [1.29, 1.82) is 0 Å². The number of aryl methyl sites for hydroxylation is 2. The highest BCUT2D eigenvalue weighted by molar-refractivity contribution is 5.79. The zero-order valence-electron chi connectivity index (χ0n) is 10.9. The first kappa shape index (κ1) is 10.5. The van der Waals surface area contributed by atoms with Crippen molar-refractivity contribution in [2.75, 3.05) is 0 Å². The van der Waals surface area contributed by atoms with E-state index in [1.807, 2.05) is 6.20 Å². The van der Waals surface area contributed by atoms with Crippen molar-refractivity contribution in [3.63, 3.8) is 0 Å². The first-order chi connectivity index (χ1) is 8.08. The van der Waals surface area contributed by atoms with Crippen molar-refractivity contribution in [3.8, 4) is 11.1 Å². The lowest BCUT2D eigenvalue weighted by Gasteiger charge is -2.11. The second kappa shape index (κ2) is 3.43. The summed E-state index contributed by atoms with van der Waals surface area (Å²) in [6.45, 7) is 8.73. The zero-order chi connectivity index (χ0) is 12.2. The van der Waals surface area contributed by atoms with Gasteiger partial charge in [-0.15, -0.1) is 0 Å². The van der Waals surface area contributed by atoms with Crippen molar-refractivity contribution in [1.82, 2.24) is 4.98 Å². The highest BCUT2D eigenvalue weighted by Gasteiger charge is 2.22. The number of pyridine rings is 1. The van der Waals surface area contributed by atoms with Crippen LogP contribution in [0.5, 0.6) is 0 Å². The fourth-order valence-corrected chi connectivity index (χ4v) is 2.77. The van der Waals surface area contributed by atoms with Crippen LogP contribution in [-0.4, -0.2) is 4.98 Å². The Hall–Kier alpha value is -1.63. The minimum absolute atomic E-state index is 1.05. The molecule has 1 aliphatic rings. The van der Waals surface area contributed by atoms with Crippen LogP contribution in [0.15, 0.2) is 18.3 Å². The molecule has 1 aliphatic carbocycles. The van der Waals surface area contributed by atoms with Gasteiger partial charge in [0, 0.05) is 18.3 Å². The Morgan fingerprint density at radius 2 is 1.71 bits per heavy atom. The van der Waals surface area contributed by atoms with E-state index in [0.29, 0.717) is 0 Å². The predicted molar refractivity (Wildman–Crippen MR) is 71.4 cm³/mol. The van der Waals surface area contributed by atoms with E-state index in [-0.39, 0.29) is 0 Å². The maximum atomic E-state index is 4.41. The summed E-state index contributed by atoms with van der Waals surface area (Å²) in [5, 5.41) is 0. The fraction of sp³-hybridized carbons (Fsp3) is 0.312. The second-order valence-corrected chi connectivity index (χ2v) is 5.13. The van der Waals surface area contributed by atoms with Crippen LogP contribution in [0.25, 0.3) is 11.1 Å². The van der Waals surface area contributed by atoms with Crippen molar-refractivity contribution < 1.29 is 0 Å². The highest BCUT2D eigenvalue weighted by Crippen LogP contribution is 2.40. The molecule has 1 aromatic heterocycles. The smallest absolute Gasteiger partial charge is 0.0379 e. The number of aromatic nitrogens is 1. The maximum Gasteiger partial charge on any atom is 0.0379 e. The minimum Gasteiger partial charge on any atom is -0.261 e. The first-order valence-corrected chi connectivity index (χ1v) is 6.13. The fourth-order valence-electron chi connectivity index (χ4n) is 2.77. The van der Waals surface area contributed by atoms with E-state index in [4.69, 9.17) is 0 Å². The summed E-state index contributed by atoms with van der Waals surface area (Å²) in [5.74, 6) is 0. The number of rotatable bonds is 0. The van der Waals surface area contributed by atoms with Gasteiger partial charge in [-0.25, -0.2) is 0 Å². The largest absolute Gasteiger partial charge is 0.261 e. The van der Waals surface area contributed by atoms with E-state index >= 15 is 0 Å². The first-order valence-electron chi connectivity index (χ1n) is 6.13. The third-order valence-electron chi connectivity index (χ3n) is 4.07. The van der Waals surface area contributed by atoms with Gasteiger partial charge >= 0.3 is 0 Å². The molecule has 1 nitrogen and oxygen atoms in total. The lowest BCUT2D eigenvalue weighted by atomic mass is 9.94. The number of hydrogen-bond donors (Lipinski definition) is 0. The Balaban J connectivity index is 2.33. The Morgan fingerprint density at radius 1 is 0.941 bits per heavy atom. The molecule has 0 radical (unpaired) electrons. The molecule has 17 heavy (non-hydrogen) atoms. The van der Waals surface area contributed by atoms with Gasteiger partial charge < -0.3 is 0 Å². The van der Waals surface area contributed by atoms with Gasteiger partial charge in [-0.3, -0.25) is 4.98 Å². The number of benzene rings is 1. The van der Waals surface area contributed by atoms with E-state index in [2.05, 4.69) is 44.8 Å². The number of fused-ring (bicyclic) bond motifs is 3. The Bertz CT molecular complexity index is 624. The summed E-state index contributed by atoms with van der Waals surface area (Å²) in [6.07, 6.45) is 3.08. The lowest BCUT2D eigenvalue weighted by Crippen LogP contribution is -1.93. The molecule has 0 fully saturated rings. The standard InChI is InChI=1S/C16H17N/c1-9-5-16-14(12(4)11(9)3)7-13-8-17-10(2)6-15(13)16/h5-6,8H,7H2,1-4H3. The van der Waals surface area contributed by atoms with Gasteiger partial charge in [0.15, 0.2) is 0 Å². The summed E-state index contributed by atoms with van der Waals surface area (Å²) in [4.78, 5) is 4.41. The van der Waals surface area contributed by atoms with Crippen LogP contribution in [-0.2, 0) is 6.42 Å². The molecule has 3 rings (SSSR count). The summed E-state index contributed by atoms with van der Waals surface area (Å²) in [7, 11) is 0. The molecule has 0 bridgehead atoms. The molecule has 0 spiro atoms. The summed E-state index contributed by atoms with van der Waals surface area (Å²) in [5.41, 5.74) is 11.1. The molecule has 1 heterocycles. The minimum atomic E-state index is 1.05. The molecule has 0 aliphatic heterocycles. The average molecular weight is 223 g/mol. The van der Waals surface area contributed by atoms with Crippen LogP contribution in [0.2, 0.25) is 0 Å². The predicted octanol–water partition coefficient (Wildman–Crippen LogP) is 3.89. The van der Waals surface area contributed by atoms with Gasteiger partial charge in [0.05, 0.1) is 0 Å². The molecular formula is C16H17N. The van der Waals surface area contributed by atoms with Gasteiger partial charge in [0.1, 0.15) is 0 Å². The van der Waals surface area contributed by atoms with Gasteiger partial charge in [0.2, 0.25) is 0 Å². The van der Waals surface area contributed by atoms with Gasteiger partial charge in [-0.05, 0) is 72.7 Å². The highest BCUT2D eigenvalue weighted by atomic mass is 14.7. The molecule has 0 amide bonds. The summed E-state index contributed by atoms with van der Waals surface area (Å²) >= 11 is 0. The van der Waals surface area contributed by atoms with E-state index in [1.54, 1.807) is 0 Å². The second-order valence-electron chi connectivity index (χ2n) is 5.13. The molecular weight excluding hydrogens is 206 g/mol. The Kier molecular flexibility index (Phi) is 2.12. The SMILES string of the molecule is Cc1cc2c(cn1)Cc1c-2cc(C)c(C)c1C. The average Bonchev–Trinajstić information content (AvgIpc) is 2.65. The van der Waals surface area contributed by atoms with Gasteiger partial charge in [0.25, 0.3) is 0 Å². The normalized spacial score (nSPS) is 12.5. The van der Waals surface area contributed by atoms with Crippen LogP contribution in [0.1, 0.15) is 33.5 Å². The van der Waals surface area contributed by atoms with E-state index in [0.717, 1.165) is 12.1 Å². The van der Waals surface area contributed by atoms with Crippen LogP contribution in [0.3, 0.4) is 0 Å². The van der Waals surface area contributed by atoms with E-state index < -0.39 is 0 Å². The molecule has 1 heteroatoms. The Labute approximate surface area is 103 Å². The lowest BCUT2D eigenvalue weighted by molar-refractivity contribution is 1.13. The van der Waals surface area contributed by atoms with Crippen molar-refractivity contribution in [2.24, 2.45) is 0 Å². The quantitative estimate of drug-likeness (QED) is 0.563. The van der Waals surface area contributed by atoms with E-state index in [1.165, 1.54) is 38.9 Å². The van der Waals surface area contributed by atoms with Crippen LogP contribution in [0.4, 0.5) is 0 Å². The summed E-state index contributed by atoms with van der Waals surface area (Å²) < 4.78 is 0. The van der Waals surface area contributed by atoms with Crippen LogP contribution in [0, 0.1) is 27.7 Å². The third-order valence-corrected chi connectivity index (χ3v) is 4.07. The molecule has 0 unspecified atom stereocenters. The molecule has 0 atom stereocenters. The van der Waals surface area contributed by atoms with Crippen molar-refractivity contribution >= 4 is 0 Å². The molecule has 1 aromatic carbocycles. The van der Waals surface area contributed by atoms with Crippen LogP contribution >= 0.6 is 0 Å². The van der Waals surface area contributed by atoms with Gasteiger partial charge in [-0.2, -0.15) is 0 Å². The van der Waals surface area contributed by atoms with Crippen LogP contribution < -0.4 is 0 Å². The third kappa shape index (κ3) is 1.42. The zero-order valence-corrected chi connectivity index (χ0v) is 10.9. The van der Waals surface area contributed by atoms with E-state index in [9.17, 15) is 0 Å². The Morgan fingerprint density at radius 3 is 2.47 bits per heavy atom. The molecule has 86 valence electrons. The number of nitrogens with zero attached hydrogens (tertiary/aromatic N) is 1. The van der Waals surface area contributed by atoms with Crippen molar-refractivity contribution in [2.45, 2.75) is 34.1 Å². The molecule has 0 saturated heterocycles. The van der Waals surface area contributed by atoms with Crippen molar-refractivity contribution in [3.05, 3.63) is 51.8 Å². The molecule has 0 saturated carbocycles. The monoisotopic (exact) mass is 223 g/mol. The van der Waals surface area contributed by atoms with Gasteiger partial charge in [-0.1, -0.05) is 6.07 Å². The maximum absolute atomic E-state index is 4.41. The number of hydrogen-bond acceptors (Lipinski definition) is 1. The summed E-state index contributed by atoms with van der Waals surface area (Å²) in [6, 6.07) is 4.55.